The van der Waals surface area contributed by atoms with Crippen molar-refractivity contribution >= 4 is 5.82 Å². The maximum atomic E-state index is 6.47. The molecule has 1 aliphatic rings. The maximum Gasteiger partial charge on any atom is 0.151 e. The largest absolute Gasteiger partial charge is 0.493 e. The van der Waals surface area contributed by atoms with Gasteiger partial charge >= 0.3 is 0 Å². The summed E-state index contributed by atoms with van der Waals surface area (Å²) in [5.41, 5.74) is 5.81. The highest BCUT2D eigenvalue weighted by Crippen LogP contribution is 2.42. The number of aromatic nitrogens is 3. The fourth-order valence-corrected chi connectivity index (χ4v) is 6.16. The minimum absolute atomic E-state index is 0.0465. The second-order valence-corrected chi connectivity index (χ2v) is 12.5. The number of H-pyrrole nitrogens is 1. The number of rotatable bonds is 9. The Morgan fingerprint density at radius 2 is 1.56 bits per heavy atom. The van der Waals surface area contributed by atoms with Crippen molar-refractivity contribution in [3.8, 4) is 34.0 Å². The van der Waals surface area contributed by atoms with Crippen LogP contribution < -0.4 is 19.7 Å². The number of nitrogens with one attached hydrogen (secondary N) is 2. The number of piperidine rings is 1. The Morgan fingerprint density at radius 1 is 0.878 bits per heavy atom. The summed E-state index contributed by atoms with van der Waals surface area (Å²) in [4.78, 5) is 5.71. The van der Waals surface area contributed by atoms with Crippen LogP contribution in [0, 0.1) is 6.92 Å². The van der Waals surface area contributed by atoms with E-state index in [9.17, 15) is 0 Å². The van der Waals surface area contributed by atoms with E-state index in [2.05, 4.69) is 92.4 Å². The van der Waals surface area contributed by atoms with Crippen molar-refractivity contribution in [1.29, 1.82) is 0 Å². The summed E-state index contributed by atoms with van der Waals surface area (Å²) in [6, 6.07) is 22.9. The lowest BCUT2D eigenvalue weighted by atomic mass is 9.79. The van der Waals surface area contributed by atoms with Crippen molar-refractivity contribution in [3.05, 3.63) is 78.0 Å². The Bertz CT molecular complexity index is 1440. The van der Waals surface area contributed by atoms with Crippen molar-refractivity contribution in [2.75, 3.05) is 18.6 Å². The van der Waals surface area contributed by atoms with Gasteiger partial charge in [0.2, 0.25) is 0 Å². The molecule has 2 aromatic heterocycles. The average molecular weight is 554 g/mol. The fourth-order valence-electron chi connectivity index (χ4n) is 6.16. The van der Waals surface area contributed by atoms with Gasteiger partial charge in [-0.1, -0.05) is 30.3 Å². The number of hydrogen-bond acceptors (Lipinski definition) is 6. The summed E-state index contributed by atoms with van der Waals surface area (Å²) in [5.74, 6) is 2.28. The first-order valence-corrected chi connectivity index (χ1v) is 14.5. The van der Waals surface area contributed by atoms with Crippen molar-refractivity contribution in [3.63, 3.8) is 0 Å². The van der Waals surface area contributed by atoms with E-state index in [0.717, 1.165) is 52.5 Å². The third-order valence-corrected chi connectivity index (χ3v) is 7.73. The highest BCUT2D eigenvalue weighted by Gasteiger charge is 2.39. The summed E-state index contributed by atoms with van der Waals surface area (Å²) >= 11 is 0. The Hall–Kier alpha value is -3.84. The van der Waals surface area contributed by atoms with Gasteiger partial charge in [0.15, 0.2) is 5.82 Å². The number of nitrogens with zero attached hydrogens (tertiary/aromatic N) is 3. The maximum absolute atomic E-state index is 6.47. The standard InChI is InChI=1S/C34H43N5O2/c1-8-40-29-18-25(27-15-14-23(2)35-27)19-30(41-22-24-12-10-9-11-13-24)32(29)28-16-17-31(37-36-28)39(7)26-20-33(3,4)38-34(5,6)21-26/h9-19,26,35,38H,8,20-22H2,1-7H3. The number of ether oxygens (including phenoxy) is 2. The molecule has 1 saturated heterocycles. The SMILES string of the molecule is CCOc1cc(-c2ccc(C)[nH]2)cc(OCc2ccccc2)c1-c1ccc(N(C)C2CC(C)(C)NC(C)(C)C2)nn1. The summed E-state index contributed by atoms with van der Waals surface area (Å²) < 4.78 is 12.7. The first kappa shape index (κ1) is 28.7. The molecule has 0 spiro atoms. The van der Waals surface area contributed by atoms with Gasteiger partial charge in [0, 0.05) is 41.1 Å². The average Bonchev–Trinajstić information content (AvgIpc) is 3.37. The Morgan fingerprint density at radius 3 is 2.15 bits per heavy atom. The number of benzene rings is 2. The van der Waals surface area contributed by atoms with E-state index in [1.54, 1.807) is 0 Å². The molecule has 0 radical (unpaired) electrons. The molecule has 7 nitrogen and oxygen atoms in total. The van der Waals surface area contributed by atoms with Crippen molar-refractivity contribution in [1.82, 2.24) is 20.5 Å². The molecule has 7 heteroatoms. The molecule has 0 atom stereocenters. The molecular weight excluding hydrogens is 510 g/mol. The molecule has 216 valence electrons. The molecule has 0 amide bonds. The summed E-state index contributed by atoms with van der Waals surface area (Å²) in [6.07, 6.45) is 2.06. The fraction of sp³-hybridized carbons (Fsp3) is 0.412. The molecular formula is C34H43N5O2. The van der Waals surface area contributed by atoms with Gasteiger partial charge in [-0.3, -0.25) is 0 Å². The molecule has 0 aliphatic carbocycles. The van der Waals surface area contributed by atoms with E-state index in [1.807, 2.05) is 38.1 Å². The molecule has 1 aliphatic heterocycles. The monoisotopic (exact) mass is 553 g/mol. The van der Waals surface area contributed by atoms with Crippen molar-refractivity contribution < 1.29 is 9.47 Å². The molecule has 0 unspecified atom stereocenters. The second kappa shape index (κ2) is 11.6. The van der Waals surface area contributed by atoms with Crippen LogP contribution in [0.15, 0.2) is 66.7 Å². The van der Waals surface area contributed by atoms with Crippen LogP contribution in [0.4, 0.5) is 5.82 Å². The number of anilines is 1. The lowest BCUT2D eigenvalue weighted by Gasteiger charge is -2.49. The van der Waals surface area contributed by atoms with Gasteiger partial charge in [0.25, 0.3) is 0 Å². The molecule has 4 aromatic rings. The van der Waals surface area contributed by atoms with Crippen molar-refractivity contribution in [2.24, 2.45) is 0 Å². The van der Waals surface area contributed by atoms with E-state index < -0.39 is 0 Å². The van der Waals surface area contributed by atoms with Crippen LogP contribution in [0.2, 0.25) is 0 Å². The summed E-state index contributed by atoms with van der Waals surface area (Å²) in [6.45, 7) is 14.1. The predicted octanol–water partition coefficient (Wildman–Crippen LogP) is 7.17. The zero-order valence-corrected chi connectivity index (χ0v) is 25.4. The zero-order chi connectivity index (χ0) is 29.2. The van der Waals surface area contributed by atoms with Crippen LogP contribution in [0.3, 0.4) is 0 Å². The molecule has 2 aromatic carbocycles. The molecule has 1 fully saturated rings. The van der Waals surface area contributed by atoms with E-state index in [1.165, 1.54) is 0 Å². The van der Waals surface area contributed by atoms with Crippen LogP contribution in [-0.2, 0) is 6.61 Å². The van der Waals surface area contributed by atoms with E-state index in [4.69, 9.17) is 19.7 Å². The number of hydrogen-bond donors (Lipinski definition) is 2. The Balaban J connectivity index is 1.51. The minimum atomic E-state index is 0.0465. The van der Waals surface area contributed by atoms with Crippen LogP contribution in [0.1, 0.15) is 58.7 Å². The Kier molecular flexibility index (Phi) is 8.09. The lowest BCUT2D eigenvalue weighted by Crippen LogP contribution is -2.62. The normalized spacial score (nSPS) is 16.4. The molecule has 0 bridgehead atoms. The third kappa shape index (κ3) is 6.73. The molecule has 2 N–H and O–H groups in total. The van der Waals surface area contributed by atoms with Crippen molar-refractivity contribution in [2.45, 2.75) is 78.1 Å². The van der Waals surface area contributed by atoms with Gasteiger partial charge < -0.3 is 24.7 Å². The summed E-state index contributed by atoms with van der Waals surface area (Å²) in [7, 11) is 2.12. The quantitative estimate of drug-likeness (QED) is 0.229. The van der Waals surface area contributed by atoms with Crippen LogP contribution in [-0.4, -0.2) is 46.0 Å². The van der Waals surface area contributed by atoms with Gasteiger partial charge in [0.1, 0.15) is 23.8 Å². The number of aromatic amines is 1. The highest BCUT2D eigenvalue weighted by atomic mass is 16.5. The first-order chi connectivity index (χ1) is 19.5. The second-order valence-electron chi connectivity index (χ2n) is 12.5. The van der Waals surface area contributed by atoms with Gasteiger partial charge in [-0.15, -0.1) is 10.2 Å². The van der Waals surface area contributed by atoms with Gasteiger partial charge in [0.05, 0.1) is 12.2 Å². The minimum Gasteiger partial charge on any atom is -0.493 e. The van der Waals surface area contributed by atoms with Gasteiger partial charge in [-0.05, 0) is 96.3 Å². The van der Waals surface area contributed by atoms with Gasteiger partial charge in [-0.2, -0.15) is 0 Å². The lowest BCUT2D eigenvalue weighted by molar-refractivity contribution is 0.160. The number of aryl methyl sites for hydroxylation is 1. The van der Waals surface area contributed by atoms with E-state index >= 15 is 0 Å². The smallest absolute Gasteiger partial charge is 0.151 e. The molecule has 3 heterocycles. The van der Waals surface area contributed by atoms with Crippen LogP contribution in [0.25, 0.3) is 22.5 Å². The third-order valence-electron chi connectivity index (χ3n) is 7.73. The van der Waals surface area contributed by atoms with E-state index in [0.29, 0.717) is 30.7 Å². The highest BCUT2D eigenvalue weighted by molar-refractivity contribution is 5.80. The topological polar surface area (TPSA) is 75.3 Å². The molecule has 41 heavy (non-hydrogen) atoms. The van der Waals surface area contributed by atoms with E-state index in [-0.39, 0.29) is 11.1 Å². The zero-order valence-electron chi connectivity index (χ0n) is 25.4. The first-order valence-electron chi connectivity index (χ1n) is 14.5. The Labute approximate surface area is 244 Å². The van der Waals surface area contributed by atoms with Crippen LogP contribution in [0.5, 0.6) is 11.5 Å². The van der Waals surface area contributed by atoms with Crippen LogP contribution >= 0.6 is 0 Å². The van der Waals surface area contributed by atoms with Gasteiger partial charge in [-0.25, -0.2) is 0 Å². The predicted molar refractivity (Wildman–Crippen MR) is 167 cm³/mol. The molecule has 0 saturated carbocycles. The molecule has 5 rings (SSSR count). The summed E-state index contributed by atoms with van der Waals surface area (Å²) in [5, 5.41) is 13.2.